The topological polar surface area (TPSA) is 26.0 Å². The van der Waals surface area contributed by atoms with Crippen molar-refractivity contribution >= 4 is 28.3 Å². The van der Waals surface area contributed by atoms with E-state index in [1.807, 2.05) is 6.07 Å². The first kappa shape index (κ1) is 7.85. The number of aryl methyl sites for hydroxylation is 1. The fourth-order valence-corrected chi connectivity index (χ4v) is 1.40. The molecule has 2 N–H and O–H groups in total. The number of hydrogen-bond acceptors (Lipinski definition) is 1. The predicted molar refractivity (Wildman–Crippen MR) is 52.9 cm³/mol. The van der Waals surface area contributed by atoms with Gasteiger partial charge < -0.3 is 5.73 Å². The van der Waals surface area contributed by atoms with Gasteiger partial charge in [-0.3, -0.25) is 0 Å². The molecule has 0 bridgehead atoms. The maximum atomic E-state index is 5.73. The second-order valence-electron chi connectivity index (χ2n) is 2.20. The molecule has 1 aromatic carbocycles. The summed E-state index contributed by atoms with van der Waals surface area (Å²) < 4.78 is 1.20. The lowest BCUT2D eigenvalue weighted by molar-refractivity contribution is 1.14. The summed E-state index contributed by atoms with van der Waals surface area (Å²) in [5.74, 6) is 0. The van der Waals surface area contributed by atoms with E-state index in [4.69, 9.17) is 5.73 Å². The van der Waals surface area contributed by atoms with E-state index in [-0.39, 0.29) is 0 Å². The van der Waals surface area contributed by atoms with Crippen LogP contribution in [-0.2, 0) is 6.42 Å². The monoisotopic (exact) mass is 247 g/mol. The Balaban J connectivity index is 3.07. The Bertz CT molecular complexity index is 233. The molecule has 0 saturated carbocycles. The minimum Gasteiger partial charge on any atom is -0.398 e. The van der Waals surface area contributed by atoms with Crippen molar-refractivity contribution in [2.45, 2.75) is 13.3 Å². The molecule has 0 atom stereocenters. The Morgan fingerprint density at radius 3 is 2.70 bits per heavy atom. The summed E-state index contributed by atoms with van der Waals surface area (Å²) in [6.45, 7) is 2.11. The van der Waals surface area contributed by atoms with Crippen molar-refractivity contribution in [2.24, 2.45) is 0 Å². The standard InChI is InChI=1S/C8H10IN/c1-2-6-3-4-7(9)5-8(6)10/h3-5H,2,10H2,1H3. The summed E-state index contributed by atoms with van der Waals surface area (Å²) >= 11 is 2.26. The molecule has 2 heteroatoms. The molecule has 1 rings (SSSR count). The van der Waals surface area contributed by atoms with Gasteiger partial charge in [-0.2, -0.15) is 0 Å². The summed E-state index contributed by atoms with van der Waals surface area (Å²) in [4.78, 5) is 0. The molecule has 0 unspecified atom stereocenters. The second-order valence-corrected chi connectivity index (χ2v) is 3.44. The van der Waals surface area contributed by atoms with Crippen molar-refractivity contribution in [2.75, 3.05) is 5.73 Å². The molecule has 1 aromatic rings. The van der Waals surface area contributed by atoms with Gasteiger partial charge >= 0.3 is 0 Å². The van der Waals surface area contributed by atoms with E-state index in [1.165, 1.54) is 9.13 Å². The first-order valence-corrected chi connectivity index (χ1v) is 4.36. The molecule has 0 amide bonds. The molecular weight excluding hydrogens is 237 g/mol. The minimum absolute atomic E-state index is 0.911. The molecule has 0 aromatic heterocycles. The van der Waals surface area contributed by atoms with Gasteiger partial charge in [0.2, 0.25) is 0 Å². The van der Waals surface area contributed by atoms with E-state index in [9.17, 15) is 0 Å². The van der Waals surface area contributed by atoms with Crippen LogP contribution in [0, 0.1) is 3.57 Å². The molecule has 10 heavy (non-hydrogen) atoms. The van der Waals surface area contributed by atoms with Gasteiger partial charge in [-0.25, -0.2) is 0 Å². The molecule has 0 fully saturated rings. The number of anilines is 1. The van der Waals surface area contributed by atoms with Gasteiger partial charge in [0.25, 0.3) is 0 Å². The Hall–Kier alpha value is -0.250. The average molecular weight is 247 g/mol. The fraction of sp³-hybridized carbons (Fsp3) is 0.250. The van der Waals surface area contributed by atoms with Gasteiger partial charge in [-0.1, -0.05) is 13.0 Å². The highest BCUT2D eigenvalue weighted by atomic mass is 127. The van der Waals surface area contributed by atoms with Crippen LogP contribution in [0.3, 0.4) is 0 Å². The van der Waals surface area contributed by atoms with E-state index in [0.717, 1.165) is 12.1 Å². The van der Waals surface area contributed by atoms with E-state index in [2.05, 4.69) is 41.6 Å². The summed E-state index contributed by atoms with van der Waals surface area (Å²) in [6, 6.07) is 6.16. The number of halogens is 1. The van der Waals surface area contributed by atoms with Gasteiger partial charge in [0.15, 0.2) is 0 Å². The van der Waals surface area contributed by atoms with Crippen LogP contribution in [0.15, 0.2) is 18.2 Å². The Kier molecular flexibility index (Phi) is 2.54. The number of hydrogen-bond donors (Lipinski definition) is 1. The zero-order chi connectivity index (χ0) is 7.56. The molecular formula is C8H10IN. The highest BCUT2D eigenvalue weighted by molar-refractivity contribution is 14.1. The molecule has 0 spiro atoms. The van der Waals surface area contributed by atoms with Gasteiger partial charge in [0, 0.05) is 9.26 Å². The minimum atomic E-state index is 0.911. The van der Waals surface area contributed by atoms with Crippen molar-refractivity contribution in [1.29, 1.82) is 0 Å². The third-order valence-electron chi connectivity index (χ3n) is 1.49. The molecule has 0 aliphatic heterocycles. The van der Waals surface area contributed by atoms with E-state index >= 15 is 0 Å². The Morgan fingerprint density at radius 2 is 2.20 bits per heavy atom. The van der Waals surface area contributed by atoms with Crippen molar-refractivity contribution in [3.05, 3.63) is 27.3 Å². The summed E-state index contributed by atoms with van der Waals surface area (Å²) in [5.41, 5.74) is 7.88. The molecule has 0 heterocycles. The number of benzene rings is 1. The molecule has 0 saturated heterocycles. The Labute approximate surface area is 74.8 Å². The van der Waals surface area contributed by atoms with E-state index in [1.54, 1.807) is 0 Å². The predicted octanol–water partition coefficient (Wildman–Crippen LogP) is 2.44. The van der Waals surface area contributed by atoms with Gasteiger partial charge in [-0.05, 0) is 46.7 Å². The summed E-state index contributed by atoms with van der Waals surface area (Å²) in [6.07, 6.45) is 1.02. The van der Waals surface area contributed by atoms with E-state index in [0.29, 0.717) is 0 Å². The first-order chi connectivity index (χ1) is 4.74. The molecule has 0 radical (unpaired) electrons. The zero-order valence-electron chi connectivity index (χ0n) is 5.89. The third kappa shape index (κ3) is 1.62. The molecule has 0 aliphatic rings. The lowest BCUT2D eigenvalue weighted by atomic mass is 10.1. The zero-order valence-corrected chi connectivity index (χ0v) is 8.05. The average Bonchev–Trinajstić information content (AvgIpc) is 1.88. The lowest BCUT2D eigenvalue weighted by Gasteiger charge is -2.01. The van der Waals surface area contributed by atoms with Crippen molar-refractivity contribution in [1.82, 2.24) is 0 Å². The smallest absolute Gasteiger partial charge is 0.0357 e. The first-order valence-electron chi connectivity index (χ1n) is 3.28. The maximum Gasteiger partial charge on any atom is 0.0357 e. The van der Waals surface area contributed by atoms with Crippen molar-refractivity contribution in [3.8, 4) is 0 Å². The molecule has 1 nitrogen and oxygen atoms in total. The number of rotatable bonds is 1. The summed E-state index contributed by atoms with van der Waals surface area (Å²) in [5, 5.41) is 0. The van der Waals surface area contributed by atoms with Crippen molar-refractivity contribution < 1.29 is 0 Å². The van der Waals surface area contributed by atoms with Gasteiger partial charge in [-0.15, -0.1) is 0 Å². The van der Waals surface area contributed by atoms with Crippen LogP contribution < -0.4 is 5.73 Å². The highest BCUT2D eigenvalue weighted by Crippen LogP contribution is 2.15. The van der Waals surface area contributed by atoms with Crippen LogP contribution >= 0.6 is 22.6 Å². The Morgan fingerprint density at radius 1 is 1.50 bits per heavy atom. The quantitative estimate of drug-likeness (QED) is 0.598. The van der Waals surface area contributed by atoms with Crippen LogP contribution in [-0.4, -0.2) is 0 Å². The van der Waals surface area contributed by atoms with Crippen LogP contribution in [0.25, 0.3) is 0 Å². The summed E-state index contributed by atoms with van der Waals surface area (Å²) in [7, 11) is 0. The number of nitrogens with two attached hydrogens (primary N) is 1. The second kappa shape index (κ2) is 3.23. The lowest BCUT2D eigenvalue weighted by Crippen LogP contribution is -1.92. The van der Waals surface area contributed by atoms with Crippen LogP contribution in [0.4, 0.5) is 5.69 Å². The van der Waals surface area contributed by atoms with Crippen molar-refractivity contribution in [3.63, 3.8) is 0 Å². The van der Waals surface area contributed by atoms with Gasteiger partial charge in [0.1, 0.15) is 0 Å². The highest BCUT2D eigenvalue weighted by Gasteiger charge is 1.94. The SMILES string of the molecule is CCc1ccc(I)cc1N. The third-order valence-corrected chi connectivity index (χ3v) is 2.16. The van der Waals surface area contributed by atoms with Crippen LogP contribution in [0.1, 0.15) is 12.5 Å². The number of nitrogen functional groups attached to an aromatic ring is 1. The van der Waals surface area contributed by atoms with Crippen LogP contribution in [0.5, 0.6) is 0 Å². The maximum absolute atomic E-state index is 5.73. The van der Waals surface area contributed by atoms with E-state index < -0.39 is 0 Å². The molecule has 0 aliphatic carbocycles. The fourth-order valence-electron chi connectivity index (χ4n) is 0.888. The van der Waals surface area contributed by atoms with Gasteiger partial charge in [0.05, 0.1) is 0 Å². The molecule has 54 valence electrons. The largest absolute Gasteiger partial charge is 0.398 e. The normalized spacial score (nSPS) is 9.80. The van der Waals surface area contributed by atoms with Crippen LogP contribution in [0.2, 0.25) is 0 Å².